The number of phosphoric ester groups is 1. The molecular weight excluding hydrogens is 367 g/mol. The Balaban J connectivity index is 2.01. The van der Waals surface area contributed by atoms with E-state index in [0.29, 0.717) is 16.6 Å². The van der Waals surface area contributed by atoms with Crippen LogP contribution in [0.5, 0.6) is 0 Å². The van der Waals surface area contributed by atoms with Crippen molar-refractivity contribution in [3.05, 3.63) is 24.7 Å². The van der Waals surface area contributed by atoms with Crippen molar-refractivity contribution in [1.29, 1.82) is 0 Å². The molecule has 3 rings (SSSR count). The molecule has 1 fully saturated rings. The van der Waals surface area contributed by atoms with Crippen molar-refractivity contribution in [2.75, 3.05) is 12.3 Å². The maximum atomic E-state index is 10.9. The lowest BCUT2D eigenvalue weighted by atomic mass is 9.96. The van der Waals surface area contributed by atoms with Crippen LogP contribution in [0.25, 0.3) is 17.1 Å². The summed E-state index contributed by atoms with van der Waals surface area (Å²) in [7, 11) is -4.75. The van der Waals surface area contributed by atoms with E-state index in [2.05, 4.69) is 21.1 Å². The van der Waals surface area contributed by atoms with E-state index >= 15 is 0 Å². The van der Waals surface area contributed by atoms with Crippen LogP contribution in [-0.2, 0) is 13.8 Å². The molecule has 0 saturated carbocycles. The van der Waals surface area contributed by atoms with E-state index in [-0.39, 0.29) is 5.82 Å². The zero-order chi connectivity index (χ0) is 19.3. The molecule has 4 atom stereocenters. The molecule has 142 valence electrons. The number of phosphoric acid groups is 1. The fourth-order valence-corrected chi connectivity index (χ4v) is 3.36. The van der Waals surface area contributed by atoms with Gasteiger partial charge in [0, 0.05) is 11.8 Å². The number of aliphatic hydroxyl groups excluding tert-OH is 1. The first-order chi connectivity index (χ1) is 12.1. The Labute approximate surface area is 147 Å². The third-order valence-electron chi connectivity index (χ3n) is 4.30. The number of rotatable bonds is 5. The fourth-order valence-electron chi connectivity index (χ4n) is 3.02. The summed E-state index contributed by atoms with van der Waals surface area (Å²) < 4.78 is 22.4. The van der Waals surface area contributed by atoms with E-state index in [9.17, 15) is 14.8 Å². The van der Waals surface area contributed by atoms with Gasteiger partial charge in [0.05, 0.1) is 12.0 Å². The molecule has 2 aromatic rings. The minimum absolute atomic E-state index is 0.211. The lowest BCUT2D eigenvalue weighted by molar-refractivity contribution is -0.0947. The summed E-state index contributed by atoms with van der Waals surface area (Å²) >= 11 is 0. The molecule has 0 amide bonds. The van der Waals surface area contributed by atoms with Crippen LogP contribution in [0.3, 0.4) is 0 Å². The smallest absolute Gasteiger partial charge is 0.387 e. The molecule has 12 heteroatoms. The number of nitrogen functional groups attached to an aromatic ring is 1. The Morgan fingerprint density at radius 1 is 1.54 bits per heavy atom. The van der Waals surface area contributed by atoms with Crippen molar-refractivity contribution in [3.8, 4) is 0 Å². The maximum Gasteiger partial charge on any atom is 0.469 e. The van der Waals surface area contributed by atoms with Crippen LogP contribution in [0.2, 0.25) is 0 Å². The third-order valence-corrected chi connectivity index (χ3v) is 4.79. The molecule has 1 aliphatic heterocycles. The Morgan fingerprint density at radius 2 is 2.23 bits per heavy atom. The van der Waals surface area contributed by atoms with Crippen molar-refractivity contribution in [3.63, 3.8) is 0 Å². The predicted octanol–water partition coefficient (Wildman–Crippen LogP) is -0.225. The van der Waals surface area contributed by atoms with E-state index < -0.39 is 38.5 Å². The first kappa shape index (κ1) is 18.9. The molecule has 0 radical (unpaired) electrons. The Kier molecular flexibility index (Phi) is 4.65. The molecule has 1 saturated heterocycles. The number of hydrogen-bond acceptors (Lipinski definition) is 8. The van der Waals surface area contributed by atoms with Gasteiger partial charge in [-0.1, -0.05) is 12.7 Å². The second-order valence-electron chi connectivity index (χ2n) is 6.14. The van der Waals surface area contributed by atoms with Gasteiger partial charge in [-0.2, -0.15) is 0 Å². The predicted molar refractivity (Wildman–Crippen MR) is 90.6 cm³/mol. The number of nitrogens with zero attached hydrogens (tertiary/aromatic N) is 3. The van der Waals surface area contributed by atoms with Crippen LogP contribution in [0.4, 0.5) is 5.82 Å². The summed E-state index contributed by atoms with van der Waals surface area (Å²) in [6, 6.07) is 0. The minimum Gasteiger partial charge on any atom is -0.387 e. The van der Waals surface area contributed by atoms with Gasteiger partial charge < -0.3 is 35.0 Å². The molecule has 0 aromatic carbocycles. The van der Waals surface area contributed by atoms with Crippen molar-refractivity contribution in [2.45, 2.75) is 31.0 Å². The fraction of sp³-hybridized carbons (Fsp3) is 0.429. The molecular formula is C14H19N4O7P. The van der Waals surface area contributed by atoms with Gasteiger partial charge in [-0.25, -0.2) is 14.5 Å². The summed E-state index contributed by atoms with van der Waals surface area (Å²) in [4.78, 5) is 25.7. The second kappa shape index (κ2) is 6.39. The average molecular weight is 386 g/mol. The molecule has 26 heavy (non-hydrogen) atoms. The van der Waals surface area contributed by atoms with Gasteiger partial charge in [-0.15, -0.1) is 0 Å². The Bertz CT molecular complexity index is 893. The molecule has 1 aliphatic rings. The van der Waals surface area contributed by atoms with E-state index in [0.717, 1.165) is 0 Å². The van der Waals surface area contributed by atoms with E-state index in [1.165, 1.54) is 23.9 Å². The Hall–Kier alpha value is -1.85. The van der Waals surface area contributed by atoms with Crippen LogP contribution in [0.15, 0.2) is 19.1 Å². The van der Waals surface area contributed by atoms with Gasteiger partial charge in [0.15, 0.2) is 6.23 Å². The quantitative estimate of drug-likeness (QED) is 0.432. The molecule has 6 N–H and O–H groups in total. The minimum atomic E-state index is -4.75. The first-order valence-corrected chi connectivity index (χ1v) is 9.08. The van der Waals surface area contributed by atoms with Crippen LogP contribution < -0.4 is 5.73 Å². The number of aliphatic hydroxyl groups is 2. The SMILES string of the molecule is C=Cc1cn([C@@H]2O[C@H](COP(=O)(O)O)[C@@H](O)[C@@]2(C)O)c2ncnc(N)c12. The monoisotopic (exact) mass is 386 g/mol. The Morgan fingerprint density at radius 3 is 2.85 bits per heavy atom. The zero-order valence-electron chi connectivity index (χ0n) is 13.8. The molecule has 0 spiro atoms. The lowest BCUT2D eigenvalue weighted by Crippen LogP contribution is -2.44. The molecule has 11 nitrogen and oxygen atoms in total. The highest BCUT2D eigenvalue weighted by Gasteiger charge is 2.53. The number of ether oxygens (including phenoxy) is 1. The van der Waals surface area contributed by atoms with Crippen LogP contribution in [0, 0.1) is 0 Å². The lowest BCUT2D eigenvalue weighted by Gasteiger charge is -2.27. The van der Waals surface area contributed by atoms with E-state index in [1.807, 2.05) is 0 Å². The van der Waals surface area contributed by atoms with Gasteiger partial charge in [-0.05, 0) is 6.92 Å². The normalized spacial score (nSPS) is 29.3. The number of fused-ring (bicyclic) bond motifs is 1. The summed E-state index contributed by atoms with van der Waals surface area (Å²) in [6.07, 6.45) is 0.603. The summed E-state index contributed by atoms with van der Waals surface area (Å²) in [6.45, 7) is 4.43. The third kappa shape index (κ3) is 3.14. The van der Waals surface area contributed by atoms with Crippen molar-refractivity contribution in [2.24, 2.45) is 0 Å². The standard InChI is InChI=1S/C14H19N4O7P/c1-3-7-4-18(12-9(7)11(15)16-6-17-12)13-14(2,20)10(19)8(25-13)5-24-26(21,22)23/h3-4,6,8,10,13,19-20H,1,5H2,2H3,(H2,15,16,17)(H2,21,22,23)/t8-,10-,13-,14-/m1/s1. The van der Waals surface area contributed by atoms with Crippen LogP contribution in [-0.4, -0.2) is 59.0 Å². The largest absolute Gasteiger partial charge is 0.469 e. The number of aromatic nitrogens is 3. The molecule has 3 heterocycles. The molecule has 2 aromatic heterocycles. The molecule has 0 unspecified atom stereocenters. The molecule has 0 aliphatic carbocycles. The zero-order valence-corrected chi connectivity index (χ0v) is 14.7. The van der Waals surface area contributed by atoms with E-state index in [4.69, 9.17) is 20.3 Å². The van der Waals surface area contributed by atoms with Gasteiger partial charge >= 0.3 is 7.82 Å². The first-order valence-electron chi connectivity index (χ1n) is 7.55. The van der Waals surface area contributed by atoms with E-state index in [1.54, 1.807) is 6.20 Å². The van der Waals surface area contributed by atoms with Crippen molar-refractivity contribution < 1.29 is 33.8 Å². The highest BCUT2D eigenvalue weighted by molar-refractivity contribution is 7.46. The number of hydrogen-bond donors (Lipinski definition) is 5. The number of nitrogens with two attached hydrogens (primary N) is 1. The van der Waals surface area contributed by atoms with Crippen molar-refractivity contribution in [1.82, 2.24) is 14.5 Å². The second-order valence-corrected chi connectivity index (χ2v) is 7.38. The van der Waals surface area contributed by atoms with Gasteiger partial charge in [0.2, 0.25) is 0 Å². The average Bonchev–Trinajstić information content (AvgIpc) is 3.02. The molecule has 0 bridgehead atoms. The van der Waals surface area contributed by atoms with Crippen LogP contribution >= 0.6 is 7.82 Å². The summed E-state index contributed by atoms with van der Waals surface area (Å²) in [5.74, 6) is 0.211. The highest BCUT2D eigenvalue weighted by atomic mass is 31.2. The van der Waals surface area contributed by atoms with Gasteiger partial charge in [0.25, 0.3) is 0 Å². The number of anilines is 1. The van der Waals surface area contributed by atoms with Gasteiger partial charge in [-0.3, -0.25) is 4.52 Å². The van der Waals surface area contributed by atoms with Crippen molar-refractivity contribution >= 4 is 30.7 Å². The summed E-state index contributed by atoms with van der Waals surface area (Å²) in [5, 5.41) is 21.6. The summed E-state index contributed by atoms with van der Waals surface area (Å²) in [5.41, 5.74) is 5.04. The highest BCUT2D eigenvalue weighted by Crippen LogP contribution is 2.43. The maximum absolute atomic E-state index is 10.9. The van der Waals surface area contributed by atoms with Gasteiger partial charge in [0.1, 0.15) is 35.6 Å². The topological polar surface area (TPSA) is 173 Å². The van der Waals surface area contributed by atoms with Crippen LogP contribution in [0.1, 0.15) is 18.7 Å².